The highest BCUT2D eigenvalue weighted by molar-refractivity contribution is 7.91. The Bertz CT molecular complexity index is 417. The van der Waals surface area contributed by atoms with Crippen molar-refractivity contribution < 1.29 is 13.2 Å². The van der Waals surface area contributed by atoms with Crippen molar-refractivity contribution in [2.75, 3.05) is 12.8 Å². The molecular weight excluding hydrogens is 274 g/mol. The Hall–Kier alpha value is -0.420. The Morgan fingerprint density at radius 3 is 2.45 bits per heavy atom. The summed E-state index contributed by atoms with van der Waals surface area (Å²) in [7, 11) is -3.02. The second-order valence-corrected chi connectivity index (χ2v) is 9.04. The summed E-state index contributed by atoms with van der Waals surface area (Å²) in [5.41, 5.74) is 5.75. The van der Waals surface area contributed by atoms with Crippen LogP contribution in [0.5, 0.6) is 0 Å². The molecule has 0 saturated heterocycles. The van der Waals surface area contributed by atoms with E-state index in [1.165, 1.54) is 6.26 Å². The van der Waals surface area contributed by atoms with E-state index in [9.17, 15) is 13.2 Å². The predicted octanol–water partition coefficient (Wildman–Crippen LogP) is 2.17. The van der Waals surface area contributed by atoms with Gasteiger partial charge in [0, 0.05) is 18.6 Å². The number of carbonyl (C=O) groups is 1. The van der Waals surface area contributed by atoms with E-state index >= 15 is 0 Å². The van der Waals surface area contributed by atoms with Crippen LogP contribution in [0.2, 0.25) is 0 Å². The standard InChI is InChI=1S/C15H29NO3S/c1-11(2)7-12(10-16)8-15(17)13-5-4-6-14(9-13)20(3,18)19/h11-14H,4-10,16H2,1-3H3. The molecule has 1 rings (SSSR count). The van der Waals surface area contributed by atoms with E-state index < -0.39 is 9.84 Å². The SMILES string of the molecule is CC(C)CC(CN)CC(=O)C1CCCC(S(C)(=O)=O)C1. The minimum atomic E-state index is -3.02. The van der Waals surface area contributed by atoms with Gasteiger partial charge < -0.3 is 5.73 Å². The van der Waals surface area contributed by atoms with Gasteiger partial charge in [-0.15, -0.1) is 0 Å². The lowest BCUT2D eigenvalue weighted by Crippen LogP contribution is -2.32. The Kier molecular flexibility index (Phi) is 6.65. The highest BCUT2D eigenvalue weighted by atomic mass is 32.2. The van der Waals surface area contributed by atoms with Crippen molar-refractivity contribution in [2.24, 2.45) is 23.5 Å². The molecule has 20 heavy (non-hydrogen) atoms. The summed E-state index contributed by atoms with van der Waals surface area (Å²) in [6.45, 7) is 4.80. The van der Waals surface area contributed by atoms with Gasteiger partial charge in [0.15, 0.2) is 0 Å². The van der Waals surface area contributed by atoms with E-state index in [0.29, 0.717) is 31.7 Å². The zero-order valence-corrected chi connectivity index (χ0v) is 13.8. The number of rotatable bonds is 7. The quantitative estimate of drug-likeness (QED) is 0.782. The van der Waals surface area contributed by atoms with Gasteiger partial charge in [-0.2, -0.15) is 0 Å². The number of ketones is 1. The molecular formula is C15H29NO3S. The Labute approximate surface area is 123 Å². The molecule has 2 N–H and O–H groups in total. The summed E-state index contributed by atoms with van der Waals surface area (Å²) >= 11 is 0. The van der Waals surface area contributed by atoms with Gasteiger partial charge in [0.05, 0.1) is 5.25 Å². The van der Waals surface area contributed by atoms with Crippen LogP contribution < -0.4 is 5.73 Å². The number of sulfone groups is 1. The molecule has 0 aromatic rings. The van der Waals surface area contributed by atoms with E-state index in [2.05, 4.69) is 13.8 Å². The van der Waals surface area contributed by atoms with Gasteiger partial charge in [-0.1, -0.05) is 20.3 Å². The molecule has 0 aromatic heterocycles. The van der Waals surface area contributed by atoms with Gasteiger partial charge >= 0.3 is 0 Å². The molecule has 0 radical (unpaired) electrons. The Morgan fingerprint density at radius 2 is 1.95 bits per heavy atom. The maximum Gasteiger partial charge on any atom is 0.150 e. The number of Topliss-reactive ketones (excluding diaryl/α,β-unsaturated/α-hetero) is 1. The van der Waals surface area contributed by atoms with Crippen LogP contribution in [0.4, 0.5) is 0 Å². The topological polar surface area (TPSA) is 77.2 Å². The fourth-order valence-electron chi connectivity index (χ4n) is 3.21. The third-order valence-corrected chi connectivity index (χ3v) is 5.95. The summed E-state index contributed by atoms with van der Waals surface area (Å²) in [5.74, 6) is 0.909. The highest BCUT2D eigenvalue weighted by Crippen LogP contribution is 2.31. The predicted molar refractivity (Wildman–Crippen MR) is 82.2 cm³/mol. The maximum absolute atomic E-state index is 12.4. The number of hydrogen-bond donors (Lipinski definition) is 1. The minimum Gasteiger partial charge on any atom is -0.330 e. The molecule has 1 aliphatic carbocycles. The molecule has 3 unspecified atom stereocenters. The fraction of sp³-hybridized carbons (Fsp3) is 0.933. The van der Waals surface area contributed by atoms with Crippen molar-refractivity contribution in [3.05, 3.63) is 0 Å². The molecule has 0 spiro atoms. The highest BCUT2D eigenvalue weighted by Gasteiger charge is 2.32. The molecule has 3 atom stereocenters. The molecule has 1 saturated carbocycles. The zero-order chi connectivity index (χ0) is 15.3. The van der Waals surface area contributed by atoms with Crippen molar-refractivity contribution in [1.29, 1.82) is 0 Å². The molecule has 0 bridgehead atoms. The molecule has 0 heterocycles. The Balaban J connectivity index is 2.58. The van der Waals surface area contributed by atoms with Crippen LogP contribution in [0.25, 0.3) is 0 Å². The average molecular weight is 303 g/mol. The van der Waals surface area contributed by atoms with E-state index in [0.717, 1.165) is 19.3 Å². The lowest BCUT2D eigenvalue weighted by Gasteiger charge is -2.28. The van der Waals surface area contributed by atoms with Crippen LogP contribution in [-0.2, 0) is 14.6 Å². The second kappa shape index (κ2) is 7.55. The monoisotopic (exact) mass is 303 g/mol. The molecule has 4 nitrogen and oxygen atoms in total. The zero-order valence-electron chi connectivity index (χ0n) is 13.0. The number of hydrogen-bond acceptors (Lipinski definition) is 4. The molecule has 0 aliphatic heterocycles. The van der Waals surface area contributed by atoms with Crippen LogP contribution in [0.3, 0.4) is 0 Å². The summed E-state index contributed by atoms with van der Waals surface area (Å²) in [6, 6.07) is 0. The number of nitrogens with two attached hydrogens (primary N) is 1. The first kappa shape index (κ1) is 17.6. The van der Waals surface area contributed by atoms with Gasteiger partial charge in [-0.25, -0.2) is 8.42 Å². The second-order valence-electron chi connectivity index (χ2n) is 6.72. The smallest absolute Gasteiger partial charge is 0.150 e. The first-order chi connectivity index (χ1) is 9.24. The lowest BCUT2D eigenvalue weighted by atomic mass is 9.81. The molecule has 0 amide bonds. The lowest BCUT2D eigenvalue weighted by molar-refractivity contribution is -0.124. The van der Waals surface area contributed by atoms with E-state index in [1.807, 2.05) is 0 Å². The molecule has 1 aliphatic rings. The van der Waals surface area contributed by atoms with Gasteiger partial charge in [0.25, 0.3) is 0 Å². The van der Waals surface area contributed by atoms with E-state index in [-0.39, 0.29) is 22.9 Å². The van der Waals surface area contributed by atoms with Crippen LogP contribution >= 0.6 is 0 Å². The van der Waals surface area contributed by atoms with Crippen LogP contribution in [0.1, 0.15) is 52.4 Å². The first-order valence-corrected chi connectivity index (χ1v) is 9.61. The summed E-state index contributed by atoms with van der Waals surface area (Å²) in [5, 5.41) is -0.327. The van der Waals surface area contributed by atoms with Gasteiger partial charge in [0.2, 0.25) is 0 Å². The van der Waals surface area contributed by atoms with Crippen LogP contribution in [0, 0.1) is 17.8 Å². The van der Waals surface area contributed by atoms with Crippen molar-refractivity contribution in [3.63, 3.8) is 0 Å². The molecule has 1 fully saturated rings. The number of carbonyl (C=O) groups excluding carboxylic acids is 1. The third-order valence-electron chi connectivity index (χ3n) is 4.31. The first-order valence-electron chi connectivity index (χ1n) is 7.65. The molecule has 5 heteroatoms. The van der Waals surface area contributed by atoms with Gasteiger partial charge in [-0.05, 0) is 44.1 Å². The van der Waals surface area contributed by atoms with Gasteiger partial charge in [0.1, 0.15) is 15.6 Å². The maximum atomic E-state index is 12.4. The van der Waals surface area contributed by atoms with Crippen LogP contribution in [0.15, 0.2) is 0 Å². The van der Waals surface area contributed by atoms with Crippen molar-refractivity contribution >= 4 is 15.6 Å². The van der Waals surface area contributed by atoms with Crippen molar-refractivity contribution in [1.82, 2.24) is 0 Å². The largest absolute Gasteiger partial charge is 0.330 e. The van der Waals surface area contributed by atoms with Crippen molar-refractivity contribution in [3.8, 4) is 0 Å². The fourth-order valence-corrected chi connectivity index (χ4v) is 4.38. The molecule has 118 valence electrons. The summed E-state index contributed by atoms with van der Waals surface area (Å²) in [4.78, 5) is 12.4. The molecule has 0 aromatic carbocycles. The van der Waals surface area contributed by atoms with Crippen molar-refractivity contribution in [2.45, 2.75) is 57.6 Å². The van der Waals surface area contributed by atoms with Gasteiger partial charge in [-0.3, -0.25) is 4.79 Å². The Morgan fingerprint density at radius 1 is 1.30 bits per heavy atom. The third kappa shape index (κ3) is 5.52. The van der Waals surface area contributed by atoms with E-state index in [4.69, 9.17) is 5.73 Å². The van der Waals surface area contributed by atoms with E-state index in [1.54, 1.807) is 0 Å². The minimum absolute atomic E-state index is 0.0790. The normalized spacial score (nSPS) is 25.6. The van der Waals surface area contributed by atoms with Crippen LogP contribution in [-0.4, -0.2) is 32.3 Å². The summed E-state index contributed by atoms with van der Waals surface area (Å²) in [6.07, 6.45) is 5.65. The average Bonchev–Trinajstić information content (AvgIpc) is 2.36. The summed E-state index contributed by atoms with van der Waals surface area (Å²) < 4.78 is 23.3.